The number of nitrogens with one attached hydrogen (secondary N) is 1. The molecule has 1 N–H and O–H groups in total. The minimum Gasteiger partial charge on any atom is -0.369 e. The molecule has 0 bridgehead atoms. The van der Waals surface area contributed by atoms with E-state index in [4.69, 9.17) is 0 Å². The van der Waals surface area contributed by atoms with E-state index in [9.17, 15) is 9.18 Å². The smallest absolute Gasteiger partial charge is 0.258 e. The molecule has 4 rings (SSSR count). The first-order valence-corrected chi connectivity index (χ1v) is 9.94. The highest BCUT2D eigenvalue weighted by atomic mass is 19.1. The zero-order valence-corrected chi connectivity index (χ0v) is 16.2. The van der Waals surface area contributed by atoms with Crippen LogP contribution in [0.15, 0.2) is 53.3 Å². The lowest BCUT2D eigenvalue weighted by Crippen LogP contribution is -2.46. The van der Waals surface area contributed by atoms with Gasteiger partial charge in [0.05, 0.1) is 5.39 Å². The van der Waals surface area contributed by atoms with Crippen molar-refractivity contribution in [3.05, 3.63) is 76.0 Å². The van der Waals surface area contributed by atoms with Gasteiger partial charge in [0.2, 0.25) is 0 Å². The molecule has 4 nitrogen and oxygen atoms in total. The van der Waals surface area contributed by atoms with Crippen molar-refractivity contribution in [3.8, 4) is 0 Å². The van der Waals surface area contributed by atoms with Crippen LogP contribution in [0.5, 0.6) is 0 Å². The van der Waals surface area contributed by atoms with E-state index in [-0.39, 0.29) is 10.9 Å². The zero-order valence-electron chi connectivity index (χ0n) is 16.2. The number of nitrogens with zero attached hydrogens (tertiary/aromatic N) is 2. The largest absolute Gasteiger partial charge is 0.369 e. The number of aryl methyl sites for hydroxylation is 2. The lowest BCUT2D eigenvalue weighted by atomic mass is 10.1. The second-order valence-electron chi connectivity index (χ2n) is 7.60. The van der Waals surface area contributed by atoms with Gasteiger partial charge in [0.25, 0.3) is 5.56 Å². The van der Waals surface area contributed by atoms with Gasteiger partial charge in [0, 0.05) is 37.6 Å². The van der Waals surface area contributed by atoms with Gasteiger partial charge >= 0.3 is 0 Å². The molecule has 1 aliphatic rings. The number of fused-ring (bicyclic) bond motifs is 1. The van der Waals surface area contributed by atoms with E-state index in [1.54, 1.807) is 12.1 Å². The van der Waals surface area contributed by atoms with Crippen molar-refractivity contribution in [2.45, 2.75) is 19.8 Å². The maximum atomic E-state index is 13.8. The van der Waals surface area contributed by atoms with Gasteiger partial charge in [-0.1, -0.05) is 29.8 Å². The summed E-state index contributed by atoms with van der Waals surface area (Å²) < 4.78 is 13.8. The lowest BCUT2D eigenvalue weighted by molar-refractivity contribution is 0.255. The van der Waals surface area contributed by atoms with Gasteiger partial charge in [-0.3, -0.25) is 9.69 Å². The number of benzene rings is 2. The molecule has 0 aliphatic carbocycles. The second kappa shape index (κ2) is 8.15. The molecule has 1 aromatic heterocycles. The van der Waals surface area contributed by atoms with Crippen LogP contribution in [0.3, 0.4) is 0 Å². The Bertz CT molecular complexity index is 1000. The molecule has 0 spiro atoms. The first-order valence-electron chi connectivity index (χ1n) is 9.94. The summed E-state index contributed by atoms with van der Waals surface area (Å²) in [4.78, 5) is 19.9. The monoisotopic (exact) mass is 379 g/mol. The molecule has 0 unspecified atom stereocenters. The Morgan fingerprint density at radius 2 is 1.79 bits per heavy atom. The fraction of sp³-hybridized carbons (Fsp3) is 0.348. The first kappa shape index (κ1) is 18.7. The summed E-state index contributed by atoms with van der Waals surface area (Å²) >= 11 is 0. The molecule has 0 amide bonds. The summed E-state index contributed by atoms with van der Waals surface area (Å²) in [5.41, 5.74) is 3.13. The molecule has 0 atom stereocenters. The summed E-state index contributed by atoms with van der Waals surface area (Å²) in [6.45, 7) is 7.29. The molecule has 28 heavy (non-hydrogen) atoms. The highest BCUT2D eigenvalue weighted by Gasteiger charge is 2.17. The number of halogens is 1. The average molecular weight is 379 g/mol. The van der Waals surface area contributed by atoms with Gasteiger partial charge in [-0.2, -0.15) is 0 Å². The normalized spacial score (nSPS) is 15.3. The molecule has 3 aromatic rings. The predicted octanol–water partition coefficient (Wildman–Crippen LogP) is 3.73. The average Bonchev–Trinajstić information content (AvgIpc) is 2.69. The first-order chi connectivity index (χ1) is 13.6. The fourth-order valence-corrected chi connectivity index (χ4v) is 3.95. The number of rotatable bonds is 5. The Labute approximate surface area is 164 Å². The highest BCUT2D eigenvalue weighted by Crippen LogP contribution is 2.18. The van der Waals surface area contributed by atoms with E-state index in [0.717, 1.165) is 51.3 Å². The van der Waals surface area contributed by atoms with E-state index in [2.05, 4.69) is 46.0 Å². The third-order valence-corrected chi connectivity index (χ3v) is 5.57. The van der Waals surface area contributed by atoms with Crippen molar-refractivity contribution < 1.29 is 4.39 Å². The predicted molar refractivity (Wildman–Crippen MR) is 113 cm³/mol. The van der Waals surface area contributed by atoms with Crippen molar-refractivity contribution >= 4 is 16.5 Å². The van der Waals surface area contributed by atoms with Crippen LogP contribution in [-0.2, 0) is 6.42 Å². The van der Waals surface area contributed by atoms with E-state index in [1.807, 2.05) is 6.07 Å². The number of pyridine rings is 1. The van der Waals surface area contributed by atoms with E-state index in [0.29, 0.717) is 5.39 Å². The van der Waals surface area contributed by atoms with Crippen molar-refractivity contribution in [2.75, 3.05) is 37.6 Å². The number of hydrogen-bond donors (Lipinski definition) is 1. The van der Waals surface area contributed by atoms with E-state index in [1.165, 1.54) is 17.3 Å². The fourth-order valence-electron chi connectivity index (χ4n) is 3.95. The van der Waals surface area contributed by atoms with Gasteiger partial charge in [-0.25, -0.2) is 4.39 Å². The van der Waals surface area contributed by atoms with Gasteiger partial charge < -0.3 is 9.88 Å². The van der Waals surface area contributed by atoms with Crippen LogP contribution >= 0.6 is 0 Å². The molecule has 1 fully saturated rings. The van der Waals surface area contributed by atoms with Crippen LogP contribution in [0, 0.1) is 12.7 Å². The standard InChI is InChI=1S/C23H26FN3O/c1-17-7-9-20(10-8-17)27-14-12-26(13-15-27)11-3-5-19-16-18-4-2-6-21(24)22(18)23(28)25-19/h2,4,6-10,16H,3,5,11-15H2,1H3,(H,25,28). The van der Waals surface area contributed by atoms with Crippen LogP contribution in [0.25, 0.3) is 10.8 Å². The van der Waals surface area contributed by atoms with Gasteiger partial charge in [-0.05, 0) is 56.0 Å². The molecule has 0 radical (unpaired) electrons. The van der Waals surface area contributed by atoms with Crippen LogP contribution in [0.1, 0.15) is 17.7 Å². The Balaban J connectivity index is 1.30. The van der Waals surface area contributed by atoms with Gasteiger partial charge in [0.1, 0.15) is 5.82 Å². The molecule has 5 heteroatoms. The molecular weight excluding hydrogens is 353 g/mol. The van der Waals surface area contributed by atoms with E-state index >= 15 is 0 Å². The minimum atomic E-state index is -0.461. The van der Waals surface area contributed by atoms with Crippen LogP contribution in [0.2, 0.25) is 0 Å². The SMILES string of the molecule is Cc1ccc(N2CCN(CCCc3cc4cccc(F)c4c(=O)[nH]3)CC2)cc1. The Kier molecular flexibility index (Phi) is 5.44. The molecule has 0 saturated carbocycles. The zero-order chi connectivity index (χ0) is 19.5. The summed E-state index contributed by atoms with van der Waals surface area (Å²) in [7, 11) is 0. The number of piperazine rings is 1. The van der Waals surface area contributed by atoms with Gasteiger partial charge in [-0.15, -0.1) is 0 Å². The van der Waals surface area contributed by atoms with Gasteiger partial charge in [0.15, 0.2) is 0 Å². The van der Waals surface area contributed by atoms with Crippen LogP contribution in [0.4, 0.5) is 10.1 Å². The summed E-state index contributed by atoms with van der Waals surface area (Å²) in [6.07, 6.45) is 1.77. The summed E-state index contributed by atoms with van der Waals surface area (Å²) in [6, 6.07) is 15.4. The Morgan fingerprint density at radius 3 is 2.54 bits per heavy atom. The third-order valence-electron chi connectivity index (χ3n) is 5.57. The topological polar surface area (TPSA) is 39.3 Å². The number of hydrogen-bond acceptors (Lipinski definition) is 3. The second-order valence-corrected chi connectivity index (χ2v) is 7.60. The molecule has 146 valence electrons. The summed E-state index contributed by atoms with van der Waals surface area (Å²) in [5, 5.41) is 0.823. The van der Waals surface area contributed by atoms with Crippen molar-refractivity contribution in [2.24, 2.45) is 0 Å². The lowest BCUT2D eigenvalue weighted by Gasteiger charge is -2.36. The number of aromatic nitrogens is 1. The highest BCUT2D eigenvalue weighted by molar-refractivity contribution is 5.82. The van der Waals surface area contributed by atoms with Crippen molar-refractivity contribution in [3.63, 3.8) is 0 Å². The van der Waals surface area contributed by atoms with Crippen molar-refractivity contribution in [1.29, 1.82) is 0 Å². The molecular formula is C23H26FN3O. The molecule has 2 heterocycles. The number of aromatic amines is 1. The quantitative estimate of drug-likeness (QED) is 0.734. The number of anilines is 1. The Hall–Kier alpha value is -2.66. The van der Waals surface area contributed by atoms with Crippen molar-refractivity contribution in [1.82, 2.24) is 9.88 Å². The van der Waals surface area contributed by atoms with E-state index < -0.39 is 5.82 Å². The molecule has 1 saturated heterocycles. The minimum absolute atomic E-state index is 0.151. The van der Waals surface area contributed by atoms with Crippen LogP contribution in [-0.4, -0.2) is 42.6 Å². The molecule has 2 aromatic carbocycles. The maximum Gasteiger partial charge on any atom is 0.258 e. The maximum absolute atomic E-state index is 13.8. The summed E-state index contributed by atoms with van der Waals surface area (Å²) in [5.74, 6) is -0.461. The Morgan fingerprint density at radius 1 is 1.04 bits per heavy atom. The third kappa shape index (κ3) is 4.09. The van der Waals surface area contributed by atoms with Crippen LogP contribution < -0.4 is 10.5 Å². The molecule has 1 aliphatic heterocycles. The number of H-pyrrole nitrogens is 1.